The van der Waals surface area contributed by atoms with Gasteiger partial charge in [-0.05, 0) is 67.0 Å². The van der Waals surface area contributed by atoms with E-state index in [1.807, 2.05) is 18.2 Å². The van der Waals surface area contributed by atoms with Crippen LogP contribution >= 0.6 is 0 Å². The fourth-order valence-corrected chi connectivity index (χ4v) is 3.70. The third kappa shape index (κ3) is 5.44. The molecule has 27 heavy (non-hydrogen) atoms. The summed E-state index contributed by atoms with van der Waals surface area (Å²) in [4.78, 5) is 14.7. The van der Waals surface area contributed by atoms with E-state index in [0.29, 0.717) is 18.5 Å². The first-order chi connectivity index (χ1) is 13.2. The van der Waals surface area contributed by atoms with Crippen molar-refractivity contribution in [3.63, 3.8) is 0 Å². The van der Waals surface area contributed by atoms with Crippen molar-refractivity contribution in [2.45, 2.75) is 38.3 Å². The summed E-state index contributed by atoms with van der Waals surface area (Å²) in [5.41, 5.74) is 3.43. The summed E-state index contributed by atoms with van der Waals surface area (Å²) in [5.74, 6) is 1.34. The van der Waals surface area contributed by atoms with E-state index in [1.54, 1.807) is 19.5 Å². The Morgan fingerprint density at radius 2 is 1.89 bits per heavy atom. The number of benzene rings is 1. The van der Waals surface area contributed by atoms with Crippen molar-refractivity contribution in [2.75, 3.05) is 13.7 Å². The van der Waals surface area contributed by atoms with Crippen LogP contribution in [0.3, 0.4) is 0 Å². The smallest absolute Gasteiger partial charge is 0.404 e. The minimum Gasteiger partial charge on any atom is -0.496 e. The second-order valence-corrected chi connectivity index (χ2v) is 7.05. The monoisotopic (exact) mass is 369 g/mol. The molecule has 144 valence electrons. The van der Waals surface area contributed by atoms with E-state index in [1.165, 1.54) is 0 Å². The third-order valence-corrected chi connectivity index (χ3v) is 5.26. The van der Waals surface area contributed by atoms with Crippen LogP contribution in [0.15, 0.2) is 42.7 Å². The highest BCUT2D eigenvalue weighted by Crippen LogP contribution is 2.28. The van der Waals surface area contributed by atoms with E-state index >= 15 is 0 Å². The van der Waals surface area contributed by atoms with Gasteiger partial charge in [0, 0.05) is 37.1 Å². The minimum atomic E-state index is -0.934. The Labute approximate surface area is 160 Å². The predicted octanol–water partition coefficient (Wildman–Crippen LogP) is 3.67. The van der Waals surface area contributed by atoms with Gasteiger partial charge in [0.15, 0.2) is 0 Å². The highest BCUT2D eigenvalue weighted by atomic mass is 16.5. The zero-order valence-electron chi connectivity index (χ0n) is 15.6. The molecule has 0 atom stereocenters. The van der Waals surface area contributed by atoms with Gasteiger partial charge in [-0.15, -0.1) is 0 Å². The highest BCUT2D eigenvalue weighted by Gasteiger charge is 2.21. The standard InChI is InChI=1S/C21H27N3O3/c1-27-20-7-4-17(16-8-10-22-11-9-16)12-18(20)14-23-19-5-2-15(3-6-19)13-24-21(25)26/h4,7-12,15,19,23-24H,2-3,5-6,13-14H2,1H3,(H,25,26). The first kappa shape index (κ1) is 19.2. The Balaban J connectivity index is 1.57. The van der Waals surface area contributed by atoms with Gasteiger partial charge in [-0.1, -0.05) is 6.07 Å². The molecule has 2 aromatic rings. The summed E-state index contributed by atoms with van der Waals surface area (Å²) in [6, 6.07) is 10.7. The van der Waals surface area contributed by atoms with Gasteiger partial charge in [0.05, 0.1) is 7.11 Å². The van der Waals surface area contributed by atoms with Gasteiger partial charge < -0.3 is 20.5 Å². The van der Waals surface area contributed by atoms with Gasteiger partial charge >= 0.3 is 6.09 Å². The van der Waals surface area contributed by atoms with Gasteiger partial charge in [-0.25, -0.2) is 4.79 Å². The van der Waals surface area contributed by atoms with Crippen molar-refractivity contribution in [3.05, 3.63) is 48.3 Å². The van der Waals surface area contributed by atoms with Crippen LogP contribution in [-0.2, 0) is 6.54 Å². The molecule has 3 rings (SSSR count). The molecule has 1 fully saturated rings. The minimum absolute atomic E-state index is 0.448. The largest absolute Gasteiger partial charge is 0.496 e. The Kier molecular flexibility index (Phi) is 6.65. The van der Waals surface area contributed by atoms with E-state index in [-0.39, 0.29) is 0 Å². The van der Waals surface area contributed by atoms with Gasteiger partial charge in [0.25, 0.3) is 0 Å². The van der Waals surface area contributed by atoms with Crippen LogP contribution in [0.4, 0.5) is 4.79 Å². The van der Waals surface area contributed by atoms with Crippen LogP contribution in [0.5, 0.6) is 5.75 Å². The molecule has 1 aliphatic carbocycles. The number of rotatable bonds is 7. The molecule has 1 aliphatic rings. The Morgan fingerprint density at radius 1 is 1.15 bits per heavy atom. The molecule has 1 heterocycles. The molecule has 0 bridgehead atoms. The molecule has 0 radical (unpaired) electrons. The second kappa shape index (κ2) is 9.37. The lowest BCUT2D eigenvalue weighted by Crippen LogP contribution is -2.36. The van der Waals surface area contributed by atoms with Gasteiger partial charge in [0.2, 0.25) is 0 Å². The summed E-state index contributed by atoms with van der Waals surface area (Å²) in [6.07, 6.45) is 6.90. The van der Waals surface area contributed by atoms with E-state index < -0.39 is 6.09 Å². The molecule has 0 aliphatic heterocycles. The van der Waals surface area contributed by atoms with E-state index in [9.17, 15) is 4.79 Å². The first-order valence-electron chi connectivity index (χ1n) is 9.43. The third-order valence-electron chi connectivity index (χ3n) is 5.26. The van der Waals surface area contributed by atoms with Crippen LogP contribution in [-0.4, -0.2) is 35.9 Å². The molecule has 0 saturated heterocycles. The van der Waals surface area contributed by atoms with Gasteiger partial charge in [-0.3, -0.25) is 4.98 Å². The quantitative estimate of drug-likeness (QED) is 0.693. The Hall–Kier alpha value is -2.60. The van der Waals surface area contributed by atoms with Crippen molar-refractivity contribution in [1.82, 2.24) is 15.6 Å². The highest BCUT2D eigenvalue weighted by molar-refractivity contribution is 5.65. The molecule has 0 spiro atoms. The number of pyridine rings is 1. The molecule has 1 aromatic heterocycles. The average Bonchev–Trinajstić information content (AvgIpc) is 2.72. The number of carboxylic acid groups (broad SMARTS) is 1. The van der Waals surface area contributed by atoms with Crippen molar-refractivity contribution >= 4 is 6.09 Å². The van der Waals surface area contributed by atoms with Gasteiger partial charge in [-0.2, -0.15) is 0 Å². The zero-order chi connectivity index (χ0) is 19.1. The number of methoxy groups -OCH3 is 1. The fraction of sp³-hybridized carbons (Fsp3) is 0.429. The topological polar surface area (TPSA) is 83.5 Å². The van der Waals surface area contributed by atoms with E-state index in [4.69, 9.17) is 9.84 Å². The fourth-order valence-electron chi connectivity index (χ4n) is 3.70. The number of aromatic nitrogens is 1. The summed E-state index contributed by atoms with van der Waals surface area (Å²) >= 11 is 0. The number of ether oxygens (including phenoxy) is 1. The lowest BCUT2D eigenvalue weighted by molar-refractivity contribution is 0.189. The number of nitrogens with zero attached hydrogens (tertiary/aromatic N) is 1. The molecule has 3 N–H and O–H groups in total. The number of hydrogen-bond donors (Lipinski definition) is 3. The van der Waals surface area contributed by atoms with Crippen molar-refractivity contribution < 1.29 is 14.6 Å². The SMILES string of the molecule is COc1ccc(-c2ccncc2)cc1CNC1CCC(CNC(=O)O)CC1. The van der Waals surface area contributed by atoms with Crippen LogP contribution in [0, 0.1) is 5.92 Å². The van der Waals surface area contributed by atoms with E-state index in [0.717, 1.165) is 54.7 Å². The summed E-state index contributed by atoms with van der Waals surface area (Å²) in [7, 11) is 1.70. The molecule has 0 unspecified atom stereocenters. The number of amides is 1. The second-order valence-electron chi connectivity index (χ2n) is 7.05. The van der Waals surface area contributed by atoms with E-state index in [2.05, 4.69) is 27.8 Å². The molecule has 6 nitrogen and oxygen atoms in total. The Bertz CT molecular complexity index is 744. The normalized spacial score (nSPS) is 19.4. The molecule has 1 aromatic carbocycles. The summed E-state index contributed by atoms with van der Waals surface area (Å²) in [5, 5.41) is 14.9. The molecular weight excluding hydrogens is 342 g/mol. The zero-order valence-corrected chi connectivity index (χ0v) is 15.6. The predicted molar refractivity (Wildman–Crippen MR) is 105 cm³/mol. The van der Waals surface area contributed by atoms with Crippen molar-refractivity contribution in [1.29, 1.82) is 0 Å². The number of nitrogens with one attached hydrogen (secondary N) is 2. The van der Waals surface area contributed by atoms with Crippen molar-refractivity contribution in [3.8, 4) is 16.9 Å². The maximum atomic E-state index is 10.6. The Morgan fingerprint density at radius 3 is 2.56 bits per heavy atom. The molecule has 1 saturated carbocycles. The summed E-state index contributed by atoms with van der Waals surface area (Å²) < 4.78 is 5.53. The molecule has 6 heteroatoms. The maximum Gasteiger partial charge on any atom is 0.404 e. The molecular formula is C21H27N3O3. The number of carbonyl (C=O) groups is 1. The van der Waals surface area contributed by atoms with Gasteiger partial charge in [0.1, 0.15) is 5.75 Å². The first-order valence-corrected chi connectivity index (χ1v) is 9.43. The van der Waals surface area contributed by atoms with Crippen LogP contribution < -0.4 is 15.4 Å². The summed E-state index contributed by atoms with van der Waals surface area (Å²) in [6.45, 7) is 1.31. The van der Waals surface area contributed by atoms with Crippen LogP contribution in [0.2, 0.25) is 0 Å². The maximum absolute atomic E-state index is 10.6. The lowest BCUT2D eigenvalue weighted by Gasteiger charge is -2.29. The number of hydrogen-bond acceptors (Lipinski definition) is 4. The molecule has 1 amide bonds. The van der Waals surface area contributed by atoms with Crippen LogP contribution in [0.1, 0.15) is 31.2 Å². The van der Waals surface area contributed by atoms with Crippen LogP contribution in [0.25, 0.3) is 11.1 Å². The van der Waals surface area contributed by atoms with Crippen molar-refractivity contribution in [2.24, 2.45) is 5.92 Å². The lowest BCUT2D eigenvalue weighted by atomic mass is 9.86. The average molecular weight is 369 g/mol.